The normalized spacial score (nSPS) is 10.9. The number of nitrogens with zero attached hydrogens (tertiary/aromatic N) is 3. The summed E-state index contributed by atoms with van der Waals surface area (Å²) in [6.45, 7) is 0.726. The summed E-state index contributed by atoms with van der Waals surface area (Å²) in [4.78, 5) is 38.5. The average Bonchev–Trinajstić information content (AvgIpc) is 2.75. The van der Waals surface area contributed by atoms with Crippen LogP contribution in [0.3, 0.4) is 0 Å². The molecular formula is C21H22N4O4. The van der Waals surface area contributed by atoms with Crippen LogP contribution in [0.5, 0.6) is 0 Å². The summed E-state index contributed by atoms with van der Waals surface area (Å²) in [6.07, 6.45) is 0. The van der Waals surface area contributed by atoms with Crippen molar-refractivity contribution in [3.05, 3.63) is 75.7 Å². The Kier molecular flexibility index (Phi) is 6.04. The minimum atomic E-state index is -0.390. The fraction of sp³-hybridized carbons (Fsp3) is 0.238. The molecule has 3 aromatic rings. The van der Waals surface area contributed by atoms with Crippen LogP contribution in [0.2, 0.25) is 0 Å². The van der Waals surface area contributed by atoms with E-state index in [4.69, 9.17) is 4.74 Å². The number of hydrogen-bond acceptors (Lipinski definition) is 6. The highest BCUT2D eigenvalue weighted by Crippen LogP contribution is 2.14. The first-order chi connectivity index (χ1) is 13.9. The number of nitrogens with one attached hydrogen (secondary N) is 1. The first-order valence-corrected chi connectivity index (χ1v) is 9.02. The summed E-state index contributed by atoms with van der Waals surface area (Å²) in [6, 6.07) is 14.0. The summed E-state index contributed by atoms with van der Waals surface area (Å²) in [5.74, 6) is -0.741. The number of fused-ring (bicyclic) bond motifs is 1. The first-order valence-electron chi connectivity index (χ1n) is 9.02. The zero-order chi connectivity index (χ0) is 21.0. The zero-order valence-electron chi connectivity index (χ0n) is 16.5. The number of aromatic nitrogens is 2. The Balaban J connectivity index is 1.85. The van der Waals surface area contributed by atoms with Crippen molar-refractivity contribution in [2.75, 3.05) is 21.2 Å². The number of methoxy groups -OCH3 is 1. The second kappa shape index (κ2) is 8.66. The molecule has 0 unspecified atom stereocenters. The SMILES string of the molecule is CNC(=O)c1nn(CN(C)Cc2ccc(C(=O)OC)cc2)c(=O)c2ccccc12. The molecule has 0 aliphatic carbocycles. The number of carbonyl (C=O) groups excluding carboxylic acids is 2. The standard InChI is InChI=1S/C21H22N4O4/c1-22-19(26)18-16-6-4-5-7-17(16)20(27)25(23-18)13-24(2)12-14-8-10-15(11-9-14)21(28)29-3/h4-11H,12-13H2,1-3H3,(H,22,26). The van der Waals surface area contributed by atoms with Gasteiger partial charge < -0.3 is 10.1 Å². The topological polar surface area (TPSA) is 93.5 Å². The fourth-order valence-corrected chi connectivity index (χ4v) is 3.07. The molecule has 0 radical (unpaired) electrons. The Morgan fingerprint density at radius 2 is 1.76 bits per heavy atom. The van der Waals surface area contributed by atoms with Crippen molar-refractivity contribution < 1.29 is 14.3 Å². The average molecular weight is 394 g/mol. The molecule has 29 heavy (non-hydrogen) atoms. The molecule has 3 rings (SSSR count). The minimum Gasteiger partial charge on any atom is -0.465 e. The maximum Gasteiger partial charge on any atom is 0.337 e. The molecule has 0 saturated carbocycles. The van der Waals surface area contributed by atoms with Gasteiger partial charge in [0.2, 0.25) is 0 Å². The lowest BCUT2D eigenvalue weighted by Gasteiger charge is -2.18. The number of carbonyl (C=O) groups is 2. The predicted octanol–water partition coefficient (Wildman–Crippen LogP) is 1.63. The molecule has 0 atom stereocenters. The number of hydrogen-bond donors (Lipinski definition) is 1. The summed E-state index contributed by atoms with van der Waals surface area (Å²) in [7, 11) is 4.71. The van der Waals surface area contributed by atoms with Crippen LogP contribution in [0.1, 0.15) is 26.4 Å². The monoisotopic (exact) mass is 394 g/mol. The number of rotatable bonds is 6. The van der Waals surface area contributed by atoms with E-state index in [9.17, 15) is 14.4 Å². The Labute approximate surface area is 167 Å². The minimum absolute atomic E-state index is 0.201. The summed E-state index contributed by atoms with van der Waals surface area (Å²) in [5.41, 5.74) is 1.38. The van der Waals surface area contributed by atoms with Gasteiger partial charge in [0, 0.05) is 19.0 Å². The molecule has 1 amide bonds. The van der Waals surface area contributed by atoms with Gasteiger partial charge in [-0.25, -0.2) is 9.48 Å². The Morgan fingerprint density at radius 3 is 2.38 bits per heavy atom. The van der Waals surface area contributed by atoms with Crippen LogP contribution in [0.4, 0.5) is 0 Å². The number of amides is 1. The van der Waals surface area contributed by atoms with Gasteiger partial charge >= 0.3 is 5.97 Å². The highest BCUT2D eigenvalue weighted by Gasteiger charge is 2.16. The van der Waals surface area contributed by atoms with Crippen LogP contribution in [0.25, 0.3) is 10.8 Å². The number of ether oxygens (including phenoxy) is 1. The molecule has 1 aromatic heterocycles. The van der Waals surface area contributed by atoms with Gasteiger partial charge in [-0.3, -0.25) is 14.5 Å². The van der Waals surface area contributed by atoms with Crippen molar-refractivity contribution in [2.24, 2.45) is 0 Å². The van der Waals surface area contributed by atoms with E-state index in [0.717, 1.165) is 5.56 Å². The van der Waals surface area contributed by atoms with E-state index in [2.05, 4.69) is 10.4 Å². The predicted molar refractivity (Wildman–Crippen MR) is 109 cm³/mol. The van der Waals surface area contributed by atoms with Crippen molar-refractivity contribution in [1.82, 2.24) is 20.0 Å². The van der Waals surface area contributed by atoms with E-state index in [1.165, 1.54) is 18.8 Å². The third kappa shape index (κ3) is 4.33. The Hall–Kier alpha value is -3.52. The molecule has 0 bridgehead atoms. The van der Waals surface area contributed by atoms with Crippen molar-refractivity contribution in [3.63, 3.8) is 0 Å². The second-order valence-corrected chi connectivity index (χ2v) is 6.62. The molecule has 0 fully saturated rings. The van der Waals surface area contributed by atoms with Gasteiger partial charge in [0.15, 0.2) is 5.69 Å². The number of benzene rings is 2. The molecule has 2 aromatic carbocycles. The first kappa shape index (κ1) is 20.2. The van der Waals surface area contributed by atoms with Crippen LogP contribution in [0.15, 0.2) is 53.3 Å². The van der Waals surface area contributed by atoms with E-state index in [1.54, 1.807) is 36.4 Å². The van der Waals surface area contributed by atoms with Crippen molar-refractivity contribution in [2.45, 2.75) is 13.2 Å². The molecule has 150 valence electrons. The van der Waals surface area contributed by atoms with E-state index < -0.39 is 5.97 Å². The van der Waals surface area contributed by atoms with Gasteiger partial charge in [-0.1, -0.05) is 30.3 Å². The second-order valence-electron chi connectivity index (χ2n) is 6.62. The summed E-state index contributed by atoms with van der Waals surface area (Å²) in [5, 5.41) is 7.82. The van der Waals surface area contributed by atoms with Crippen LogP contribution < -0.4 is 10.9 Å². The smallest absolute Gasteiger partial charge is 0.337 e. The molecule has 0 spiro atoms. The third-order valence-electron chi connectivity index (χ3n) is 4.51. The maximum absolute atomic E-state index is 12.8. The van der Waals surface area contributed by atoms with Crippen LogP contribution in [-0.2, 0) is 18.0 Å². The molecule has 0 aliphatic rings. The van der Waals surface area contributed by atoms with Gasteiger partial charge in [0.05, 0.1) is 24.7 Å². The quantitative estimate of drug-likeness (QED) is 0.639. The lowest BCUT2D eigenvalue weighted by molar-refractivity contribution is 0.0600. The molecule has 0 saturated heterocycles. The van der Waals surface area contributed by atoms with E-state index >= 15 is 0 Å². The lowest BCUT2D eigenvalue weighted by Crippen LogP contribution is -2.34. The molecular weight excluding hydrogens is 372 g/mol. The molecule has 8 nitrogen and oxygen atoms in total. The fourth-order valence-electron chi connectivity index (χ4n) is 3.07. The highest BCUT2D eigenvalue weighted by atomic mass is 16.5. The van der Waals surface area contributed by atoms with Crippen LogP contribution in [0, 0.1) is 0 Å². The highest BCUT2D eigenvalue weighted by molar-refractivity contribution is 6.04. The van der Waals surface area contributed by atoms with Crippen LogP contribution in [-0.4, -0.2) is 47.8 Å². The third-order valence-corrected chi connectivity index (χ3v) is 4.51. The maximum atomic E-state index is 12.8. The Bertz CT molecular complexity index is 1110. The van der Waals surface area contributed by atoms with E-state index in [0.29, 0.717) is 22.9 Å². The largest absolute Gasteiger partial charge is 0.465 e. The summed E-state index contributed by atoms with van der Waals surface area (Å²) < 4.78 is 5.98. The number of esters is 1. The lowest BCUT2D eigenvalue weighted by atomic mass is 10.1. The van der Waals surface area contributed by atoms with Crippen molar-refractivity contribution >= 4 is 22.6 Å². The zero-order valence-corrected chi connectivity index (χ0v) is 16.5. The molecule has 8 heteroatoms. The van der Waals surface area contributed by atoms with E-state index in [-0.39, 0.29) is 23.8 Å². The van der Waals surface area contributed by atoms with Gasteiger partial charge in [-0.15, -0.1) is 0 Å². The van der Waals surface area contributed by atoms with Gasteiger partial charge in [-0.2, -0.15) is 5.10 Å². The van der Waals surface area contributed by atoms with Gasteiger partial charge in [0.1, 0.15) is 0 Å². The van der Waals surface area contributed by atoms with Crippen molar-refractivity contribution in [3.8, 4) is 0 Å². The molecule has 1 N–H and O–H groups in total. The van der Waals surface area contributed by atoms with E-state index in [1.807, 2.05) is 24.1 Å². The Morgan fingerprint density at radius 1 is 1.10 bits per heavy atom. The summed E-state index contributed by atoms with van der Waals surface area (Å²) >= 11 is 0. The van der Waals surface area contributed by atoms with Gasteiger partial charge in [-0.05, 0) is 30.8 Å². The molecule has 0 aliphatic heterocycles. The molecule has 1 heterocycles. The van der Waals surface area contributed by atoms with Crippen molar-refractivity contribution in [1.29, 1.82) is 0 Å². The van der Waals surface area contributed by atoms with Gasteiger partial charge in [0.25, 0.3) is 11.5 Å². The van der Waals surface area contributed by atoms with Crippen LogP contribution >= 0.6 is 0 Å².